The molecule has 17 heavy (non-hydrogen) atoms. The molecule has 0 aromatic carbocycles. The number of aromatic nitrogens is 1. The van der Waals surface area contributed by atoms with E-state index >= 15 is 0 Å². The fourth-order valence-corrected chi connectivity index (χ4v) is 2.11. The Bertz CT molecular complexity index is 350. The summed E-state index contributed by atoms with van der Waals surface area (Å²) in [4.78, 5) is 6.68. The summed E-state index contributed by atoms with van der Waals surface area (Å²) in [6.45, 7) is 4.98. The van der Waals surface area contributed by atoms with Gasteiger partial charge >= 0.3 is 0 Å². The largest absolute Gasteiger partial charge is 0.490 e. The summed E-state index contributed by atoms with van der Waals surface area (Å²) in [6, 6.07) is 4.44. The number of nitrogens with zero attached hydrogens (tertiary/aromatic N) is 2. The van der Waals surface area contributed by atoms with Gasteiger partial charge < -0.3 is 15.0 Å². The molecule has 0 saturated carbocycles. The van der Waals surface area contributed by atoms with Crippen LogP contribution < -0.4 is 15.0 Å². The zero-order chi connectivity index (χ0) is 12.1. The number of rotatable bonds is 5. The second kappa shape index (κ2) is 5.87. The Hall–Kier alpha value is -1.29. The number of ether oxygens (including phenoxy) is 1. The number of nitrogens with one attached hydrogen (secondary N) is 1. The Balaban J connectivity index is 2.12. The van der Waals surface area contributed by atoms with Gasteiger partial charge in [-0.25, -0.2) is 4.98 Å². The molecule has 94 valence electrons. The van der Waals surface area contributed by atoms with Crippen LogP contribution in [0.2, 0.25) is 0 Å². The molecule has 1 fully saturated rings. The van der Waals surface area contributed by atoms with Crippen molar-refractivity contribution in [2.75, 3.05) is 31.6 Å². The maximum atomic E-state index is 5.74. The van der Waals surface area contributed by atoms with E-state index in [0.717, 1.165) is 37.7 Å². The Morgan fingerprint density at radius 3 is 3.18 bits per heavy atom. The van der Waals surface area contributed by atoms with Gasteiger partial charge in [0.1, 0.15) is 0 Å². The van der Waals surface area contributed by atoms with Crippen molar-refractivity contribution in [1.29, 1.82) is 0 Å². The average molecular weight is 235 g/mol. The van der Waals surface area contributed by atoms with Crippen LogP contribution in [-0.2, 0) is 0 Å². The molecule has 4 heteroatoms. The second-order valence-corrected chi connectivity index (χ2v) is 4.43. The van der Waals surface area contributed by atoms with E-state index in [0.29, 0.717) is 6.04 Å². The van der Waals surface area contributed by atoms with Crippen LogP contribution in [0.5, 0.6) is 5.75 Å². The van der Waals surface area contributed by atoms with Crippen molar-refractivity contribution in [3.63, 3.8) is 0 Å². The molecular weight excluding hydrogens is 214 g/mol. The number of hydrogen-bond donors (Lipinski definition) is 1. The van der Waals surface area contributed by atoms with E-state index in [1.54, 1.807) is 0 Å². The van der Waals surface area contributed by atoms with Crippen molar-refractivity contribution in [2.24, 2.45) is 0 Å². The summed E-state index contributed by atoms with van der Waals surface area (Å²) in [6.07, 6.45) is 4.01. The molecule has 1 atom stereocenters. The Kier molecular flexibility index (Phi) is 4.20. The van der Waals surface area contributed by atoms with Crippen molar-refractivity contribution < 1.29 is 4.74 Å². The van der Waals surface area contributed by atoms with Gasteiger partial charge in [0.25, 0.3) is 0 Å². The molecule has 2 heterocycles. The summed E-state index contributed by atoms with van der Waals surface area (Å²) in [5, 5.41) is 3.38. The summed E-state index contributed by atoms with van der Waals surface area (Å²) in [7, 11) is 2.10. The summed E-state index contributed by atoms with van der Waals surface area (Å²) >= 11 is 0. The van der Waals surface area contributed by atoms with Crippen LogP contribution in [0.1, 0.15) is 19.8 Å². The Labute approximate surface area is 103 Å². The molecule has 1 unspecified atom stereocenters. The molecule has 1 aliphatic rings. The van der Waals surface area contributed by atoms with Gasteiger partial charge in [-0.05, 0) is 31.5 Å². The number of likely N-dealkylation sites (N-methyl/N-ethyl adjacent to an activating group) is 1. The maximum Gasteiger partial charge on any atom is 0.171 e. The lowest BCUT2D eigenvalue weighted by atomic mass is 10.2. The van der Waals surface area contributed by atoms with E-state index in [2.05, 4.69) is 29.2 Å². The van der Waals surface area contributed by atoms with Crippen molar-refractivity contribution in [3.05, 3.63) is 18.3 Å². The molecule has 4 nitrogen and oxygen atoms in total. The van der Waals surface area contributed by atoms with Crippen molar-refractivity contribution >= 4 is 5.82 Å². The van der Waals surface area contributed by atoms with E-state index in [1.165, 1.54) is 6.42 Å². The lowest BCUT2D eigenvalue weighted by Crippen LogP contribution is -2.34. The maximum absolute atomic E-state index is 5.74. The fraction of sp³-hybridized carbons (Fsp3) is 0.615. The first kappa shape index (κ1) is 12.2. The Morgan fingerprint density at radius 1 is 1.59 bits per heavy atom. The topological polar surface area (TPSA) is 37.4 Å². The van der Waals surface area contributed by atoms with E-state index in [1.807, 2.05) is 18.3 Å². The normalized spacial score (nSPS) is 19.3. The minimum atomic E-state index is 0.522. The molecule has 1 aliphatic heterocycles. The first-order chi connectivity index (χ1) is 8.33. The van der Waals surface area contributed by atoms with Gasteiger partial charge in [0, 0.05) is 25.8 Å². The summed E-state index contributed by atoms with van der Waals surface area (Å²) < 4.78 is 5.74. The zero-order valence-electron chi connectivity index (χ0n) is 10.6. The summed E-state index contributed by atoms with van der Waals surface area (Å²) in [5.41, 5.74) is 0. The quantitative estimate of drug-likeness (QED) is 0.842. The van der Waals surface area contributed by atoms with Gasteiger partial charge in [-0.2, -0.15) is 0 Å². The van der Waals surface area contributed by atoms with Crippen molar-refractivity contribution in [2.45, 2.75) is 25.8 Å². The summed E-state index contributed by atoms with van der Waals surface area (Å²) in [5.74, 6) is 1.85. The molecule has 0 spiro atoms. The van der Waals surface area contributed by atoms with Crippen LogP contribution in [0.3, 0.4) is 0 Å². The highest BCUT2D eigenvalue weighted by Crippen LogP contribution is 2.27. The monoisotopic (exact) mass is 235 g/mol. The third-order valence-electron chi connectivity index (χ3n) is 3.13. The molecule has 0 bridgehead atoms. The standard InChI is InChI=1S/C13H21N3O/c1-3-9-17-12-5-4-7-15-13(12)16(2)11-6-8-14-10-11/h4-5,7,11,14H,3,6,8-10H2,1-2H3. The zero-order valence-corrected chi connectivity index (χ0v) is 10.6. The van der Waals surface area contributed by atoms with Gasteiger partial charge in [-0.3, -0.25) is 0 Å². The molecular formula is C13H21N3O. The SMILES string of the molecule is CCCOc1cccnc1N(C)C1CCNC1. The van der Waals surface area contributed by atoms with E-state index in [-0.39, 0.29) is 0 Å². The lowest BCUT2D eigenvalue weighted by molar-refractivity contribution is 0.316. The lowest BCUT2D eigenvalue weighted by Gasteiger charge is -2.26. The van der Waals surface area contributed by atoms with Gasteiger partial charge in [-0.15, -0.1) is 0 Å². The van der Waals surface area contributed by atoms with E-state index in [4.69, 9.17) is 4.74 Å². The van der Waals surface area contributed by atoms with Crippen LogP contribution >= 0.6 is 0 Å². The van der Waals surface area contributed by atoms with Crippen LogP contribution in [-0.4, -0.2) is 37.8 Å². The highest BCUT2D eigenvalue weighted by Gasteiger charge is 2.22. The van der Waals surface area contributed by atoms with Crippen molar-refractivity contribution in [1.82, 2.24) is 10.3 Å². The predicted octanol–water partition coefficient (Wildman–Crippen LogP) is 1.67. The molecule has 1 saturated heterocycles. The number of anilines is 1. The molecule has 0 radical (unpaired) electrons. The van der Waals surface area contributed by atoms with Gasteiger partial charge in [0.05, 0.1) is 6.61 Å². The fourth-order valence-electron chi connectivity index (χ4n) is 2.11. The van der Waals surface area contributed by atoms with Gasteiger partial charge in [0.2, 0.25) is 0 Å². The molecule has 0 aliphatic carbocycles. The Morgan fingerprint density at radius 2 is 2.47 bits per heavy atom. The first-order valence-electron chi connectivity index (χ1n) is 6.34. The van der Waals surface area contributed by atoms with E-state index < -0.39 is 0 Å². The van der Waals surface area contributed by atoms with Gasteiger partial charge in [0.15, 0.2) is 11.6 Å². The third-order valence-corrected chi connectivity index (χ3v) is 3.13. The third kappa shape index (κ3) is 2.88. The molecule has 1 aromatic heterocycles. The molecule has 2 rings (SSSR count). The van der Waals surface area contributed by atoms with Gasteiger partial charge in [-0.1, -0.05) is 6.92 Å². The van der Waals surface area contributed by atoms with Crippen molar-refractivity contribution in [3.8, 4) is 5.75 Å². The number of hydrogen-bond acceptors (Lipinski definition) is 4. The highest BCUT2D eigenvalue weighted by atomic mass is 16.5. The van der Waals surface area contributed by atoms with Crippen LogP contribution in [0, 0.1) is 0 Å². The highest BCUT2D eigenvalue weighted by molar-refractivity contribution is 5.52. The minimum Gasteiger partial charge on any atom is -0.490 e. The first-order valence-corrected chi connectivity index (χ1v) is 6.34. The molecule has 0 amide bonds. The van der Waals surface area contributed by atoms with Crippen LogP contribution in [0.25, 0.3) is 0 Å². The smallest absolute Gasteiger partial charge is 0.171 e. The average Bonchev–Trinajstić information content (AvgIpc) is 2.89. The molecule has 1 N–H and O–H groups in total. The number of pyridine rings is 1. The van der Waals surface area contributed by atoms with Crippen LogP contribution in [0.15, 0.2) is 18.3 Å². The minimum absolute atomic E-state index is 0.522. The predicted molar refractivity (Wildman–Crippen MR) is 69.7 cm³/mol. The van der Waals surface area contributed by atoms with Crippen LogP contribution in [0.4, 0.5) is 5.82 Å². The molecule has 1 aromatic rings. The van der Waals surface area contributed by atoms with E-state index in [9.17, 15) is 0 Å². The second-order valence-electron chi connectivity index (χ2n) is 4.43.